The number of amides is 2. The Morgan fingerprint density at radius 1 is 1.12 bits per heavy atom. The molecule has 0 heterocycles. The Hall–Kier alpha value is -2.53. The molecular formula is C21H29N3O2. The molecule has 0 atom stereocenters. The second-order valence-electron chi connectivity index (χ2n) is 6.62. The van der Waals surface area contributed by atoms with Gasteiger partial charge in [0.15, 0.2) is 0 Å². The van der Waals surface area contributed by atoms with Crippen LogP contribution in [0.3, 0.4) is 0 Å². The van der Waals surface area contributed by atoms with Gasteiger partial charge in [0, 0.05) is 13.1 Å². The fourth-order valence-corrected chi connectivity index (χ4v) is 2.54. The van der Waals surface area contributed by atoms with E-state index in [1.807, 2.05) is 50.2 Å². The maximum atomic E-state index is 12.2. The van der Waals surface area contributed by atoms with Crippen molar-refractivity contribution in [3.63, 3.8) is 0 Å². The normalized spacial score (nSPS) is 10.8. The molecule has 0 fully saturated rings. The summed E-state index contributed by atoms with van der Waals surface area (Å²) in [4.78, 5) is 14.5. The Labute approximate surface area is 156 Å². The van der Waals surface area contributed by atoms with Crippen molar-refractivity contribution in [1.29, 1.82) is 0 Å². The molecule has 0 aliphatic rings. The molecule has 0 aliphatic heterocycles. The summed E-state index contributed by atoms with van der Waals surface area (Å²) in [5, 5.41) is 5.76. The number of benzene rings is 2. The number of carbonyl (C=O) groups excluding carboxylic acids is 1. The van der Waals surface area contributed by atoms with E-state index in [1.54, 1.807) is 0 Å². The van der Waals surface area contributed by atoms with Gasteiger partial charge in [-0.05, 0) is 50.7 Å². The number of hydrogen-bond donors (Lipinski definition) is 2. The van der Waals surface area contributed by atoms with Gasteiger partial charge in [0.2, 0.25) is 0 Å². The highest BCUT2D eigenvalue weighted by Crippen LogP contribution is 2.24. The minimum absolute atomic E-state index is 0.0463. The average Bonchev–Trinajstić information content (AvgIpc) is 2.61. The molecule has 2 N–H and O–H groups in total. The lowest BCUT2D eigenvalue weighted by atomic mass is 10.1. The van der Waals surface area contributed by atoms with Crippen molar-refractivity contribution in [3.8, 4) is 5.75 Å². The molecule has 2 amide bonds. The van der Waals surface area contributed by atoms with Crippen molar-refractivity contribution in [2.24, 2.45) is 0 Å². The van der Waals surface area contributed by atoms with E-state index < -0.39 is 0 Å². The highest BCUT2D eigenvalue weighted by Gasteiger charge is 2.08. The van der Waals surface area contributed by atoms with Gasteiger partial charge in [-0.25, -0.2) is 4.79 Å². The molecule has 0 aliphatic carbocycles. The van der Waals surface area contributed by atoms with Gasteiger partial charge < -0.3 is 20.3 Å². The molecule has 2 aromatic rings. The van der Waals surface area contributed by atoms with Gasteiger partial charge in [0.25, 0.3) is 0 Å². The molecule has 2 aromatic carbocycles. The van der Waals surface area contributed by atoms with E-state index in [0.29, 0.717) is 18.0 Å². The average molecular weight is 355 g/mol. The predicted octanol–water partition coefficient (Wildman–Crippen LogP) is 4.25. The first-order valence-electron chi connectivity index (χ1n) is 9.04. The molecule has 0 radical (unpaired) electrons. The zero-order chi connectivity index (χ0) is 18.9. The number of urea groups is 1. The fraction of sp³-hybridized carbons (Fsp3) is 0.381. The fourth-order valence-electron chi connectivity index (χ4n) is 2.54. The molecule has 5 heteroatoms. The molecule has 0 saturated carbocycles. The molecule has 0 spiro atoms. The van der Waals surface area contributed by atoms with Crippen LogP contribution in [0.2, 0.25) is 0 Å². The minimum Gasteiger partial charge on any atom is -0.489 e. The molecule has 2 rings (SSSR count). The third-order valence-electron chi connectivity index (χ3n) is 3.93. The Kier molecular flexibility index (Phi) is 7.48. The van der Waals surface area contributed by atoms with Crippen LogP contribution in [0.5, 0.6) is 5.75 Å². The smallest absolute Gasteiger partial charge is 0.319 e. The topological polar surface area (TPSA) is 53.6 Å². The van der Waals surface area contributed by atoms with Crippen molar-refractivity contribution >= 4 is 11.7 Å². The molecule has 0 saturated heterocycles. The predicted molar refractivity (Wildman–Crippen MR) is 107 cm³/mol. The van der Waals surface area contributed by atoms with E-state index in [2.05, 4.69) is 41.6 Å². The summed E-state index contributed by atoms with van der Waals surface area (Å²) in [5.41, 5.74) is 2.98. The molecule has 140 valence electrons. The van der Waals surface area contributed by atoms with Crippen LogP contribution >= 0.6 is 0 Å². The summed E-state index contributed by atoms with van der Waals surface area (Å²) < 4.78 is 5.73. The molecule has 26 heavy (non-hydrogen) atoms. The van der Waals surface area contributed by atoms with Crippen molar-refractivity contribution in [2.75, 3.05) is 18.9 Å². The van der Waals surface area contributed by atoms with Crippen molar-refractivity contribution in [2.45, 2.75) is 40.0 Å². The SMILES string of the molecule is CCN(C)Cc1cccc(CNC(=O)Nc2ccccc2OC(C)C)c1. The van der Waals surface area contributed by atoms with Gasteiger partial charge in [0.1, 0.15) is 5.75 Å². The molecule has 0 aromatic heterocycles. The van der Waals surface area contributed by atoms with E-state index in [-0.39, 0.29) is 12.1 Å². The highest BCUT2D eigenvalue weighted by molar-refractivity contribution is 5.90. The van der Waals surface area contributed by atoms with Crippen LogP contribution in [-0.4, -0.2) is 30.6 Å². The van der Waals surface area contributed by atoms with Crippen molar-refractivity contribution < 1.29 is 9.53 Å². The van der Waals surface area contributed by atoms with Crippen molar-refractivity contribution in [1.82, 2.24) is 10.2 Å². The van der Waals surface area contributed by atoms with Gasteiger partial charge in [-0.2, -0.15) is 0 Å². The monoisotopic (exact) mass is 355 g/mol. The Bertz CT molecular complexity index is 716. The zero-order valence-electron chi connectivity index (χ0n) is 16.1. The number of anilines is 1. The van der Waals surface area contributed by atoms with Crippen LogP contribution in [0.15, 0.2) is 48.5 Å². The van der Waals surface area contributed by atoms with Gasteiger partial charge in [-0.3, -0.25) is 0 Å². The summed E-state index contributed by atoms with van der Waals surface area (Å²) in [6, 6.07) is 15.5. The maximum Gasteiger partial charge on any atom is 0.319 e. The van der Waals surface area contributed by atoms with Crippen LogP contribution in [0, 0.1) is 0 Å². The van der Waals surface area contributed by atoms with Gasteiger partial charge in [-0.15, -0.1) is 0 Å². The van der Waals surface area contributed by atoms with E-state index in [1.165, 1.54) is 5.56 Å². The zero-order valence-corrected chi connectivity index (χ0v) is 16.1. The second kappa shape index (κ2) is 9.82. The second-order valence-corrected chi connectivity index (χ2v) is 6.62. The highest BCUT2D eigenvalue weighted by atomic mass is 16.5. The first-order chi connectivity index (χ1) is 12.5. The maximum absolute atomic E-state index is 12.2. The van der Waals surface area contributed by atoms with Crippen LogP contribution in [0.25, 0.3) is 0 Å². The number of para-hydroxylation sites is 2. The number of rotatable bonds is 8. The lowest BCUT2D eigenvalue weighted by Gasteiger charge is -2.16. The molecule has 0 bridgehead atoms. The van der Waals surface area contributed by atoms with Gasteiger partial charge in [0.05, 0.1) is 11.8 Å². The van der Waals surface area contributed by atoms with Crippen molar-refractivity contribution in [3.05, 3.63) is 59.7 Å². The quantitative estimate of drug-likeness (QED) is 0.744. The van der Waals surface area contributed by atoms with E-state index >= 15 is 0 Å². The number of nitrogens with one attached hydrogen (secondary N) is 2. The third-order valence-corrected chi connectivity index (χ3v) is 3.93. The summed E-state index contributed by atoms with van der Waals surface area (Å²) in [6.45, 7) is 8.43. The van der Waals surface area contributed by atoms with Gasteiger partial charge in [-0.1, -0.05) is 43.3 Å². The Balaban J connectivity index is 1.92. The lowest BCUT2D eigenvalue weighted by Crippen LogP contribution is -2.28. The number of ether oxygens (including phenoxy) is 1. The molecule has 5 nitrogen and oxygen atoms in total. The van der Waals surface area contributed by atoms with Crippen LogP contribution in [0.4, 0.5) is 10.5 Å². The van der Waals surface area contributed by atoms with E-state index in [4.69, 9.17) is 4.74 Å². The summed E-state index contributed by atoms with van der Waals surface area (Å²) >= 11 is 0. The largest absolute Gasteiger partial charge is 0.489 e. The standard InChI is InChI=1S/C21H29N3O2/c1-5-24(4)15-18-10-8-9-17(13-18)14-22-21(25)23-19-11-6-7-12-20(19)26-16(2)3/h6-13,16H,5,14-15H2,1-4H3,(H2,22,23,25). The van der Waals surface area contributed by atoms with Crippen LogP contribution < -0.4 is 15.4 Å². The number of carbonyl (C=O) groups is 1. The Morgan fingerprint density at radius 2 is 1.85 bits per heavy atom. The number of hydrogen-bond acceptors (Lipinski definition) is 3. The Morgan fingerprint density at radius 3 is 2.58 bits per heavy atom. The van der Waals surface area contributed by atoms with Gasteiger partial charge >= 0.3 is 6.03 Å². The minimum atomic E-state index is -0.249. The first-order valence-corrected chi connectivity index (χ1v) is 9.04. The van der Waals surface area contributed by atoms with E-state index in [9.17, 15) is 4.79 Å². The summed E-state index contributed by atoms with van der Waals surface area (Å²) in [7, 11) is 2.09. The molecular weight excluding hydrogens is 326 g/mol. The summed E-state index contributed by atoms with van der Waals surface area (Å²) in [6.07, 6.45) is 0.0463. The summed E-state index contributed by atoms with van der Waals surface area (Å²) in [5.74, 6) is 0.669. The van der Waals surface area contributed by atoms with Crippen LogP contribution in [-0.2, 0) is 13.1 Å². The van der Waals surface area contributed by atoms with E-state index in [0.717, 1.165) is 18.7 Å². The first kappa shape index (κ1) is 19.8. The van der Waals surface area contributed by atoms with Crippen LogP contribution in [0.1, 0.15) is 31.9 Å². The molecule has 0 unspecified atom stereocenters. The third kappa shape index (κ3) is 6.41. The lowest BCUT2D eigenvalue weighted by molar-refractivity contribution is 0.241. The number of nitrogens with zero attached hydrogens (tertiary/aromatic N) is 1.